The summed E-state index contributed by atoms with van der Waals surface area (Å²) in [7, 11) is 3.73. The molecule has 0 aromatic heterocycles. The van der Waals surface area contributed by atoms with Crippen LogP contribution in [0.15, 0.2) is 12.1 Å². The topological polar surface area (TPSA) is 41.9 Å². The predicted molar refractivity (Wildman–Crippen MR) is 76.1 cm³/mol. The smallest absolute Gasteiger partial charge is 0.145 e. The molecule has 0 bridgehead atoms. The van der Waals surface area contributed by atoms with Crippen LogP contribution in [0.25, 0.3) is 0 Å². The summed E-state index contributed by atoms with van der Waals surface area (Å²) in [4.78, 5) is 2.15. The van der Waals surface area contributed by atoms with E-state index in [9.17, 15) is 5.11 Å². The number of nitrogens with zero attached hydrogens (tertiary/aromatic N) is 1. The lowest BCUT2D eigenvalue weighted by molar-refractivity contribution is -0.130. The zero-order valence-corrected chi connectivity index (χ0v) is 12.2. The molecular formula is C15H23NO3. The van der Waals surface area contributed by atoms with Crippen molar-refractivity contribution in [3.8, 4) is 5.75 Å². The molecule has 1 saturated heterocycles. The standard InChI is InChI=1S/C15H23NO3/c1-11-5-12(2)14(18-4)13(6-11)16(3)7-15(8-17)9-19-10-15/h5-6,17H,7-10H2,1-4H3. The first kappa shape index (κ1) is 14.2. The van der Waals surface area contributed by atoms with Gasteiger partial charge >= 0.3 is 0 Å². The van der Waals surface area contributed by atoms with Crippen LogP contribution >= 0.6 is 0 Å². The predicted octanol–water partition coefficient (Wildman–Crippen LogP) is 1.76. The SMILES string of the molecule is COc1c(C)cc(C)cc1N(C)CC1(CO)COC1. The Bertz CT molecular complexity index is 449. The van der Waals surface area contributed by atoms with E-state index in [0.717, 1.165) is 23.5 Å². The molecular weight excluding hydrogens is 242 g/mol. The summed E-state index contributed by atoms with van der Waals surface area (Å²) in [5, 5.41) is 9.53. The summed E-state index contributed by atoms with van der Waals surface area (Å²) >= 11 is 0. The van der Waals surface area contributed by atoms with Crippen molar-refractivity contribution in [1.82, 2.24) is 0 Å². The molecule has 0 atom stereocenters. The molecule has 2 rings (SSSR count). The van der Waals surface area contributed by atoms with Gasteiger partial charge in [-0.2, -0.15) is 0 Å². The molecule has 0 saturated carbocycles. The molecule has 0 radical (unpaired) electrons. The highest BCUT2D eigenvalue weighted by molar-refractivity contribution is 5.63. The third-order valence-corrected chi connectivity index (χ3v) is 3.74. The van der Waals surface area contributed by atoms with Crippen molar-refractivity contribution in [2.24, 2.45) is 5.41 Å². The maximum atomic E-state index is 9.53. The molecule has 19 heavy (non-hydrogen) atoms. The summed E-state index contributed by atoms with van der Waals surface area (Å²) in [5.74, 6) is 0.904. The van der Waals surface area contributed by atoms with Gasteiger partial charge in [-0.05, 0) is 31.0 Å². The number of hydrogen-bond acceptors (Lipinski definition) is 4. The number of aliphatic hydroxyl groups excluding tert-OH is 1. The van der Waals surface area contributed by atoms with E-state index in [1.165, 1.54) is 5.56 Å². The Morgan fingerprint density at radius 1 is 1.37 bits per heavy atom. The quantitative estimate of drug-likeness (QED) is 0.881. The molecule has 0 amide bonds. The molecule has 1 aliphatic rings. The Morgan fingerprint density at radius 2 is 2.05 bits per heavy atom. The van der Waals surface area contributed by atoms with E-state index in [-0.39, 0.29) is 12.0 Å². The molecule has 0 aliphatic carbocycles. The van der Waals surface area contributed by atoms with Gasteiger partial charge in [-0.15, -0.1) is 0 Å². The summed E-state index contributed by atoms with van der Waals surface area (Å²) in [6.45, 7) is 6.31. The highest BCUT2D eigenvalue weighted by Gasteiger charge is 2.39. The third kappa shape index (κ3) is 2.69. The molecule has 0 unspecified atom stereocenters. The van der Waals surface area contributed by atoms with Crippen molar-refractivity contribution in [1.29, 1.82) is 0 Å². The average Bonchev–Trinajstić information content (AvgIpc) is 2.32. The second-order valence-electron chi connectivity index (χ2n) is 5.64. The van der Waals surface area contributed by atoms with Crippen LogP contribution in [0.1, 0.15) is 11.1 Å². The van der Waals surface area contributed by atoms with Gasteiger partial charge in [0.1, 0.15) is 5.75 Å². The third-order valence-electron chi connectivity index (χ3n) is 3.74. The normalized spacial score (nSPS) is 16.9. The zero-order chi connectivity index (χ0) is 14.0. The fourth-order valence-electron chi connectivity index (χ4n) is 2.69. The Morgan fingerprint density at radius 3 is 2.53 bits per heavy atom. The second-order valence-corrected chi connectivity index (χ2v) is 5.64. The van der Waals surface area contributed by atoms with Gasteiger partial charge in [0.2, 0.25) is 0 Å². The van der Waals surface area contributed by atoms with Crippen molar-refractivity contribution >= 4 is 5.69 Å². The fourth-order valence-corrected chi connectivity index (χ4v) is 2.69. The summed E-state index contributed by atoms with van der Waals surface area (Å²) in [6, 6.07) is 4.24. The molecule has 1 fully saturated rings. The van der Waals surface area contributed by atoms with Crippen LogP contribution in [-0.4, -0.2) is 45.6 Å². The molecule has 1 aromatic carbocycles. The highest BCUT2D eigenvalue weighted by Crippen LogP contribution is 2.35. The van der Waals surface area contributed by atoms with Gasteiger partial charge in [0.15, 0.2) is 0 Å². The first-order chi connectivity index (χ1) is 9.01. The van der Waals surface area contributed by atoms with E-state index >= 15 is 0 Å². The van der Waals surface area contributed by atoms with Gasteiger partial charge in [0, 0.05) is 13.6 Å². The average molecular weight is 265 g/mol. The Labute approximate surface area is 114 Å². The molecule has 106 valence electrons. The number of methoxy groups -OCH3 is 1. The second kappa shape index (κ2) is 5.39. The van der Waals surface area contributed by atoms with Gasteiger partial charge in [-0.3, -0.25) is 0 Å². The zero-order valence-electron chi connectivity index (χ0n) is 12.2. The first-order valence-corrected chi connectivity index (χ1v) is 6.56. The van der Waals surface area contributed by atoms with Crippen LogP contribution in [0.2, 0.25) is 0 Å². The van der Waals surface area contributed by atoms with Gasteiger partial charge in [0.25, 0.3) is 0 Å². The molecule has 1 aliphatic heterocycles. The Kier molecular flexibility index (Phi) is 4.02. The van der Waals surface area contributed by atoms with Gasteiger partial charge in [-0.1, -0.05) is 6.07 Å². The van der Waals surface area contributed by atoms with Crippen molar-refractivity contribution in [3.05, 3.63) is 23.3 Å². The summed E-state index contributed by atoms with van der Waals surface area (Å²) in [5.41, 5.74) is 3.28. The van der Waals surface area contributed by atoms with Crippen molar-refractivity contribution in [2.45, 2.75) is 13.8 Å². The largest absolute Gasteiger partial charge is 0.494 e. The highest BCUT2D eigenvalue weighted by atomic mass is 16.5. The number of aliphatic hydroxyl groups is 1. The number of anilines is 1. The minimum atomic E-state index is -0.128. The molecule has 4 nitrogen and oxygen atoms in total. The molecule has 1 aromatic rings. The Hall–Kier alpha value is -1.26. The van der Waals surface area contributed by atoms with Crippen LogP contribution in [0.3, 0.4) is 0 Å². The van der Waals surface area contributed by atoms with E-state index < -0.39 is 0 Å². The first-order valence-electron chi connectivity index (χ1n) is 6.56. The molecule has 1 N–H and O–H groups in total. The number of aryl methyl sites for hydroxylation is 2. The molecule has 1 heterocycles. The monoisotopic (exact) mass is 265 g/mol. The van der Waals surface area contributed by atoms with Crippen molar-refractivity contribution in [2.75, 3.05) is 45.4 Å². The van der Waals surface area contributed by atoms with Crippen LogP contribution < -0.4 is 9.64 Å². The summed E-state index contributed by atoms with van der Waals surface area (Å²) in [6.07, 6.45) is 0. The lowest BCUT2D eigenvalue weighted by atomic mass is 9.86. The number of benzene rings is 1. The van der Waals surface area contributed by atoms with Gasteiger partial charge < -0.3 is 19.5 Å². The van der Waals surface area contributed by atoms with E-state index in [1.54, 1.807) is 7.11 Å². The van der Waals surface area contributed by atoms with E-state index in [0.29, 0.717) is 13.2 Å². The van der Waals surface area contributed by atoms with Crippen LogP contribution in [0, 0.1) is 19.3 Å². The van der Waals surface area contributed by atoms with Crippen LogP contribution in [0.5, 0.6) is 5.75 Å². The number of rotatable bonds is 5. The van der Waals surface area contributed by atoms with E-state index in [4.69, 9.17) is 9.47 Å². The number of ether oxygens (including phenoxy) is 2. The van der Waals surface area contributed by atoms with Crippen molar-refractivity contribution in [3.63, 3.8) is 0 Å². The van der Waals surface area contributed by atoms with Crippen LogP contribution in [-0.2, 0) is 4.74 Å². The lowest BCUT2D eigenvalue weighted by Gasteiger charge is -2.43. The van der Waals surface area contributed by atoms with Gasteiger partial charge in [0.05, 0.1) is 38.0 Å². The van der Waals surface area contributed by atoms with E-state index in [2.05, 4.69) is 30.9 Å². The minimum Gasteiger partial charge on any atom is -0.494 e. The van der Waals surface area contributed by atoms with Crippen LogP contribution in [0.4, 0.5) is 5.69 Å². The molecule has 0 spiro atoms. The minimum absolute atomic E-state index is 0.128. The maximum absolute atomic E-state index is 9.53. The lowest BCUT2D eigenvalue weighted by Crippen LogP contribution is -2.52. The van der Waals surface area contributed by atoms with Gasteiger partial charge in [-0.25, -0.2) is 0 Å². The molecule has 4 heteroatoms. The maximum Gasteiger partial charge on any atom is 0.145 e. The summed E-state index contributed by atoms with van der Waals surface area (Å²) < 4.78 is 10.8. The Balaban J connectivity index is 2.25. The van der Waals surface area contributed by atoms with E-state index in [1.807, 2.05) is 7.05 Å². The fraction of sp³-hybridized carbons (Fsp3) is 0.600. The number of hydrogen-bond donors (Lipinski definition) is 1. The van der Waals surface area contributed by atoms with Crippen molar-refractivity contribution < 1.29 is 14.6 Å².